The number of nitrogens with zero attached hydrogens (tertiary/aromatic N) is 2. The number of carbonyl (C=O) groups is 1. The third-order valence-corrected chi connectivity index (χ3v) is 8.01. The number of Topliss-reactive ketones (excluding diaryl/α,β-unsaturated/α-hetero) is 1. The molecule has 0 aliphatic carbocycles. The van der Waals surface area contributed by atoms with Crippen LogP contribution in [0.25, 0.3) is 5.57 Å². The van der Waals surface area contributed by atoms with Crippen LogP contribution in [0.4, 0.5) is 11.4 Å². The van der Waals surface area contributed by atoms with E-state index in [2.05, 4.69) is 109 Å². The van der Waals surface area contributed by atoms with Crippen molar-refractivity contribution >= 4 is 34.1 Å². The monoisotopic (exact) mass is 475 g/mol. The lowest BCUT2D eigenvalue weighted by molar-refractivity contribution is -0.113. The van der Waals surface area contributed by atoms with Crippen molar-refractivity contribution in [2.24, 2.45) is 0 Å². The van der Waals surface area contributed by atoms with E-state index >= 15 is 0 Å². The Hall–Kier alpha value is -3.63. The Kier molecular flexibility index (Phi) is 5.34. The van der Waals surface area contributed by atoms with E-state index in [4.69, 9.17) is 0 Å². The summed E-state index contributed by atoms with van der Waals surface area (Å²) in [6.45, 7) is 6.80. The molecule has 4 heteroatoms. The molecular weight excluding hydrogens is 448 g/mol. The van der Waals surface area contributed by atoms with E-state index in [1.54, 1.807) is 11.3 Å². The fourth-order valence-electron chi connectivity index (χ4n) is 5.58. The van der Waals surface area contributed by atoms with Crippen LogP contribution in [0.15, 0.2) is 96.6 Å². The molecule has 1 unspecified atom stereocenters. The average molecular weight is 476 g/mol. The maximum Gasteiger partial charge on any atom is 0.182 e. The summed E-state index contributed by atoms with van der Waals surface area (Å²) in [6.07, 6.45) is -0.185. The summed E-state index contributed by atoms with van der Waals surface area (Å²) in [5.74, 6) is 0.204. The number of ketones is 1. The van der Waals surface area contributed by atoms with Crippen molar-refractivity contribution in [2.75, 3.05) is 16.3 Å². The van der Waals surface area contributed by atoms with Crippen molar-refractivity contribution < 1.29 is 4.79 Å². The van der Waals surface area contributed by atoms with E-state index in [-0.39, 0.29) is 11.9 Å². The molecule has 1 radical (unpaired) electrons. The van der Waals surface area contributed by atoms with Gasteiger partial charge in [0.15, 0.2) is 5.78 Å². The first kappa shape index (κ1) is 21.9. The number of hydrogen-bond acceptors (Lipinski definition) is 4. The predicted molar refractivity (Wildman–Crippen MR) is 146 cm³/mol. The van der Waals surface area contributed by atoms with E-state index in [0.29, 0.717) is 6.54 Å². The zero-order chi connectivity index (χ0) is 24.1. The van der Waals surface area contributed by atoms with Crippen molar-refractivity contribution in [1.82, 2.24) is 0 Å². The molecule has 0 spiro atoms. The molecule has 2 aliphatic rings. The molecule has 0 amide bonds. The molecule has 1 aromatic heterocycles. The maximum absolute atomic E-state index is 13.6. The number of allylic oxidation sites excluding steroid dienone is 1. The fraction of sp³-hybridized carbons (Fsp3) is 0.161. The van der Waals surface area contributed by atoms with Gasteiger partial charge in [0.1, 0.15) is 12.2 Å². The lowest BCUT2D eigenvalue weighted by Crippen LogP contribution is -2.43. The van der Waals surface area contributed by atoms with Gasteiger partial charge in [-0.15, -0.1) is 11.3 Å². The van der Waals surface area contributed by atoms with E-state index < -0.39 is 0 Å². The quantitative estimate of drug-likeness (QED) is 0.297. The Balaban J connectivity index is 1.60. The van der Waals surface area contributed by atoms with Gasteiger partial charge in [0.05, 0.1) is 17.9 Å². The van der Waals surface area contributed by atoms with Crippen molar-refractivity contribution in [3.8, 4) is 0 Å². The average Bonchev–Trinajstić information content (AvgIpc) is 3.50. The van der Waals surface area contributed by atoms with Crippen molar-refractivity contribution in [1.29, 1.82) is 0 Å². The first-order chi connectivity index (χ1) is 17.0. The maximum atomic E-state index is 13.6. The molecule has 0 N–H and O–H groups in total. The van der Waals surface area contributed by atoms with Crippen LogP contribution < -0.4 is 9.80 Å². The van der Waals surface area contributed by atoms with Crippen LogP contribution in [-0.4, -0.2) is 18.5 Å². The zero-order valence-corrected chi connectivity index (χ0v) is 21.0. The van der Waals surface area contributed by atoms with E-state index in [9.17, 15) is 4.79 Å². The topological polar surface area (TPSA) is 23.6 Å². The number of benzene rings is 3. The van der Waals surface area contributed by atoms with Gasteiger partial charge in [-0.3, -0.25) is 4.79 Å². The SMILES string of the molecule is C/C(=C1\C(=O)CN2c3ccccc3N([C](c3ccccc3)c3ccccc3)C12)c1cc(C)sc1C. The molecule has 0 bridgehead atoms. The summed E-state index contributed by atoms with van der Waals surface area (Å²) in [4.78, 5) is 20.8. The van der Waals surface area contributed by atoms with Gasteiger partial charge in [0.25, 0.3) is 0 Å². The standard InChI is InChI=1S/C31H27N2OS/c1-20-18-25(22(3)35-20)21(2)29-28(34)19-32-26-16-10-11-17-27(26)33(31(29)32)30(23-12-6-4-7-13-23)24-14-8-5-9-15-24/h4-18,31H,19H2,1-3H3/b29-21-. The molecule has 2 aliphatic heterocycles. The summed E-state index contributed by atoms with van der Waals surface area (Å²) >= 11 is 1.79. The first-order valence-electron chi connectivity index (χ1n) is 12.0. The molecule has 35 heavy (non-hydrogen) atoms. The molecular formula is C31H27N2OS. The first-order valence-corrected chi connectivity index (χ1v) is 12.8. The number of anilines is 2. The van der Waals surface area contributed by atoms with Gasteiger partial charge in [0, 0.05) is 15.3 Å². The summed E-state index contributed by atoms with van der Waals surface area (Å²) in [6, 6.07) is 32.9. The zero-order valence-electron chi connectivity index (χ0n) is 20.2. The Morgan fingerprint density at radius 3 is 1.97 bits per heavy atom. The number of thiophene rings is 1. The second-order valence-electron chi connectivity index (χ2n) is 9.23. The molecule has 173 valence electrons. The summed E-state index contributed by atoms with van der Waals surface area (Å²) in [5, 5.41) is 0. The Morgan fingerprint density at radius 2 is 1.40 bits per heavy atom. The van der Waals surface area contributed by atoms with E-state index in [1.165, 1.54) is 15.3 Å². The van der Waals surface area contributed by atoms with E-state index in [1.807, 2.05) is 12.1 Å². The largest absolute Gasteiger partial charge is 0.338 e. The van der Waals surface area contributed by atoms with Crippen LogP contribution in [0.2, 0.25) is 0 Å². The van der Waals surface area contributed by atoms with Crippen LogP contribution in [0.3, 0.4) is 0 Å². The Morgan fingerprint density at radius 1 is 0.829 bits per heavy atom. The smallest absolute Gasteiger partial charge is 0.182 e. The van der Waals surface area contributed by atoms with Crippen LogP contribution in [-0.2, 0) is 4.79 Å². The summed E-state index contributed by atoms with van der Waals surface area (Å²) < 4.78 is 0. The molecule has 1 saturated heterocycles. The van der Waals surface area contributed by atoms with Gasteiger partial charge in [-0.1, -0.05) is 72.8 Å². The molecule has 1 atom stereocenters. The van der Waals surface area contributed by atoms with Crippen LogP contribution in [0.5, 0.6) is 0 Å². The van der Waals surface area contributed by atoms with Gasteiger partial charge < -0.3 is 9.80 Å². The van der Waals surface area contributed by atoms with Crippen LogP contribution in [0, 0.1) is 19.9 Å². The molecule has 6 rings (SSSR count). The van der Waals surface area contributed by atoms with E-state index in [0.717, 1.165) is 39.7 Å². The predicted octanol–water partition coefficient (Wildman–Crippen LogP) is 7.00. The Labute approximate surface area is 211 Å². The van der Waals surface area contributed by atoms with Gasteiger partial charge in [-0.2, -0.15) is 0 Å². The highest BCUT2D eigenvalue weighted by Gasteiger charge is 2.50. The molecule has 0 saturated carbocycles. The lowest BCUT2D eigenvalue weighted by atomic mass is 9.93. The van der Waals surface area contributed by atoms with Crippen molar-refractivity contribution in [3.63, 3.8) is 0 Å². The van der Waals surface area contributed by atoms with Crippen LogP contribution >= 0.6 is 11.3 Å². The second-order valence-corrected chi connectivity index (χ2v) is 10.7. The minimum absolute atomic E-state index is 0.185. The van der Waals surface area contributed by atoms with Gasteiger partial charge in [-0.25, -0.2) is 0 Å². The van der Waals surface area contributed by atoms with Gasteiger partial charge in [-0.05, 0) is 61.2 Å². The minimum Gasteiger partial charge on any atom is -0.338 e. The Bertz CT molecular complexity index is 1400. The molecule has 3 aromatic carbocycles. The fourth-order valence-corrected chi connectivity index (χ4v) is 6.57. The lowest BCUT2D eigenvalue weighted by Gasteiger charge is -2.35. The number of aryl methyl sites for hydroxylation is 2. The highest BCUT2D eigenvalue weighted by molar-refractivity contribution is 7.12. The third-order valence-electron chi connectivity index (χ3n) is 7.05. The third kappa shape index (κ3) is 3.52. The number of hydrogen-bond donors (Lipinski definition) is 0. The molecule has 3 nitrogen and oxygen atoms in total. The van der Waals surface area contributed by atoms with Crippen molar-refractivity contribution in [2.45, 2.75) is 26.9 Å². The second kappa shape index (κ2) is 8.54. The normalized spacial score (nSPS) is 18.3. The highest BCUT2D eigenvalue weighted by atomic mass is 32.1. The molecule has 3 heterocycles. The van der Waals surface area contributed by atoms with Gasteiger partial charge >= 0.3 is 0 Å². The molecule has 4 aromatic rings. The molecule has 1 fully saturated rings. The summed E-state index contributed by atoms with van der Waals surface area (Å²) in [5.41, 5.74) is 7.68. The minimum atomic E-state index is -0.185. The number of carbonyl (C=O) groups excluding carboxylic acids is 1. The highest BCUT2D eigenvalue weighted by Crippen LogP contribution is 2.51. The number of rotatable bonds is 4. The number of fused-ring (bicyclic) bond motifs is 3. The van der Waals surface area contributed by atoms with Crippen LogP contribution in [0.1, 0.15) is 33.4 Å². The van der Waals surface area contributed by atoms with Crippen molar-refractivity contribution in [3.05, 3.63) is 129 Å². The summed E-state index contributed by atoms with van der Waals surface area (Å²) in [7, 11) is 0. The number of para-hydroxylation sites is 2. The van der Waals surface area contributed by atoms with Gasteiger partial charge in [0.2, 0.25) is 0 Å².